The monoisotopic (exact) mass is 103 g/mol. The number of rotatable bonds is 0. The molecule has 0 spiro atoms. The van der Waals surface area contributed by atoms with E-state index in [0.717, 1.165) is 6.04 Å². The van der Waals surface area contributed by atoms with Gasteiger partial charge in [-0.15, -0.1) is 0 Å². The minimum atomic E-state index is 0.759. The van der Waals surface area contributed by atoms with E-state index in [4.69, 9.17) is 0 Å². The van der Waals surface area contributed by atoms with Crippen LogP contribution in [0.4, 0.5) is 0 Å². The summed E-state index contributed by atoms with van der Waals surface area (Å²) in [6, 6.07) is 0.759. The van der Waals surface area contributed by atoms with Crippen molar-refractivity contribution < 1.29 is 0 Å². The number of nitrogens with one attached hydrogen (secondary N) is 1. The SMILES string of the molecule is CC1CCSN1. The largest absolute Gasteiger partial charge is 0.261 e. The summed E-state index contributed by atoms with van der Waals surface area (Å²) >= 11 is 1.83. The molecule has 1 aliphatic rings. The maximum absolute atomic E-state index is 3.24. The van der Waals surface area contributed by atoms with Crippen molar-refractivity contribution in [2.45, 2.75) is 19.4 Å². The maximum Gasteiger partial charge on any atom is 0.0151 e. The van der Waals surface area contributed by atoms with Crippen LogP contribution in [0.5, 0.6) is 0 Å². The second-order valence-electron chi connectivity index (χ2n) is 1.66. The first-order chi connectivity index (χ1) is 2.89. The Hall–Kier alpha value is 0.310. The van der Waals surface area contributed by atoms with Gasteiger partial charge in [0.2, 0.25) is 0 Å². The zero-order chi connectivity index (χ0) is 4.41. The average Bonchev–Trinajstić information content (AvgIpc) is 1.86. The molecule has 1 atom stereocenters. The van der Waals surface area contributed by atoms with Gasteiger partial charge in [-0.1, -0.05) is 11.9 Å². The first-order valence-corrected chi connectivity index (χ1v) is 3.25. The molecule has 0 aromatic carbocycles. The molecule has 1 nitrogen and oxygen atoms in total. The van der Waals surface area contributed by atoms with Crippen LogP contribution < -0.4 is 4.72 Å². The van der Waals surface area contributed by atoms with E-state index in [2.05, 4.69) is 11.6 Å². The summed E-state index contributed by atoms with van der Waals surface area (Å²) in [6.45, 7) is 2.21. The van der Waals surface area contributed by atoms with Gasteiger partial charge >= 0.3 is 0 Å². The van der Waals surface area contributed by atoms with Gasteiger partial charge in [0.05, 0.1) is 0 Å². The second kappa shape index (κ2) is 1.85. The molecule has 1 rings (SSSR count). The molecule has 1 aliphatic heterocycles. The Morgan fingerprint density at radius 3 is 2.83 bits per heavy atom. The molecule has 0 radical (unpaired) electrons. The van der Waals surface area contributed by atoms with Crippen LogP contribution in [-0.4, -0.2) is 11.8 Å². The first-order valence-electron chi connectivity index (χ1n) is 2.27. The highest BCUT2D eigenvalue weighted by atomic mass is 32.2. The minimum absolute atomic E-state index is 0.759. The van der Waals surface area contributed by atoms with Crippen molar-refractivity contribution in [2.75, 3.05) is 5.75 Å². The Labute approximate surface area is 42.6 Å². The van der Waals surface area contributed by atoms with Crippen molar-refractivity contribution >= 4 is 11.9 Å². The van der Waals surface area contributed by atoms with Gasteiger partial charge in [-0.3, -0.25) is 4.72 Å². The van der Waals surface area contributed by atoms with Crippen molar-refractivity contribution in [2.24, 2.45) is 0 Å². The summed E-state index contributed by atoms with van der Waals surface area (Å²) in [6.07, 6.45) is 1.34. The zero-order valence-corrected chi connectivity index (χ0v) is 4.72. The molecule has 2 heteroatoms. The average molecular weight is 103 g/mol. The van der Waals surface area contributed by atoms with Gasteiger partial charge in [0.15, 0.2) is 0 Å². The smallest absolute Gasteiger partial charge is 0.0151 e. The molecule has 0 aliphatic carbocycles. The van der Waals surface area contributed by atoms with Crippen LogP contribution in [0.25, 0.3) is 0 Å². The van der Waals surface area contributed by atoms with E-state index in [9.17, 15) is 0 Å². The van der Waals surface area contributed by atoms with Crippen LogP contribution in [0.15, 0.2) is 0 Å². The lowest BCUT2D eigenvalue weighted by Crippen LogP contribution is -2.09. The van der Waals surface area contributed by atoms with E-state index in [1.54, 1.807) is 0 Å². The van der Waals surface area contributed by atoms with Crippen molar-refractivity contribution in [3.63, 3.8) is 0 Å². The molecule has 6 heavy (non-hydrogen) atoms. The van der Waals surface area contributed by atoms with E-state index in [1.165, 1.54) is 12.2 Å². The molecule has 1 unspecified atom stereocenters. The molecule has 0 saturated carbocycles. The lowest BCUT2D eigenvalue weighted by Gasteiger charge is -1.93. The maximum atomic E-state index is 3.24. The summed E-state index contributed by atoms with van der Waals surface area (Å²) in [5.41, 5.74) is 0. The van der Waals surface area contributed by atoms with E-state index >= 15 is 0 Å². The highest BCUT2D eigenvalue weighted by Gasteiger charge is 2.06. The summed E-state index contributed by atoms with van der Waals surface area (Å²) in [7, 11) is 0. The molecule has 1 N–H and O–H groups in total. The Bertz CT molecular complexity index is 40.8. The van der Waals surface area contributed by atoms with E-state index in [1.807, 2.05) is 11.9 Å². The zero-order valence-electron chi connectivity index (χ0n) is 3.90. The Morgan fingerprint density at radius 1 is 1.83 bits per heavy atom. The van der Waals surface area contributed by atoms with Crippen molar-refractivity contribution in [1.82, 2.24) is 4.72 Å². The minimum Gasteiger partial charge on any atom is -0.261 e. The van der Waals surface area contributed by atoms with Crippen LogP contribution in [0.2, 0.25) is 0 Å². The van der Waals surface area contributed by atoms with Gasteiger partial charge in [0, 0.05) is 11.8 Å². The van der Waals surface area contributed by atoms with Crippen LogP contribution in [0.3, 0.4) is 0 Å². The molecule has 0 aromatic rings. The molecule has 1 saturated heterocycles. The molecule has 0 aromatic heterocycles. The Balaban J connectivity index is 2.18. The van der Waals surface area contributed by atoms with Gasteiger partial charge in [0.1, 0.15) is 0 Å². The van der Waals surface area contributed by atoms with Gasteiger partial charge in [-0.05, 0) is 13.3 Å². The van der Waals surface area contributed by atoms with Crippen LogP contribution in [0.1, 0.15) is 13.3 Å². The summed E-state index contributed by atoms with van der Waals surface area (Å²) < 4.78 is 3.24. The van der Waals surface area contributed by atoms with Gasteiger partial charge in [-0.2, -0.15) is 0 Å². The summed E-state index contributed by atoms with van der Waals surface area (Å²) in [5, 5.41) is 0. The molecule has 0 bridgehead atoms. The topological polar surface area (TPSA) is 12.0 Å². The highest BCUT2D eigenvalue weighted by molar-refractivity contribution is 7.97. The quantitative estimate of drug-likeness (QED) is 0.459. The third-order valence-corrected chi connectivity index (χ3v) is 1.95. The fourth-order valence-corrected chi connectivity index (χ4v) is 1.49. The number of hydrogen-bond acceptors (Lipinski definition) is 2. The van der Waals surface area contributed by atoms with E-state index < -0.39 is 0 Å². The standard InChI is InChI=1S/C4H9NS/c1-4-2-3-6-5-4/h4-5H,2-3H2,1H3. The Morgan fingerprint density at radius 2 is 2.67 bits per heavy atom. The number of hydrogen-bond donors (Lipinski definition) is 1. The van der Waals surface area contributed by atoms with E-state index in [0.29, 0.717) is 0 Å². The normalized spacial score (nSPS) is 34.5. The van der Waals surface area contributed by atoms with Crippen molar-refractivity contribution in [3.05, 3.63) is 0 Å². The lowest BCUT2D eigenvalue weighted by molar-refractivity contribution is 0.709. The van der Waals surface area contributed by atoms with Gasteiger partial charge < -0.3 is 0 Å². The first kappa shape index (κ1) is 4.47. The van der Waals surface area contributed by atoms with Crippen LogP contribution in [0, 0.1) is 0 Å². The molecular formula is C4H9NS. The molecule has 0 amide bonds. The lowest BCUT2D eigenvalue weighted by atomic mass is 10.3. The Kier molecular flexibility index (Phi) is 1.37. The predicted octanol–water partition coefficient (Wildman–Crippen LogP) is 1.02. The van der Waals surface area contributed by atoms with Gasteiger partial charge in [0.25, 0.3) is 0 Å². The van der Waals surface area contributed by atoms with Crippen molar-refractivity contribution in [3.8, 4) is 0 Å². The predicted molar refractivity (Wildman–Crippen MR) is 29.7 cm³/mol. The third-order valence-electron chi connectivity index (χ3n) is 0.937. The fraction of sp³-hybridized carbons (Fsp3) is 1.00. The molecule has 36 valence electrons. The van der Waals surface area contributed by atoms with Crippen LogP contribution >= 0.6 is 11.9 Å². The highest BCUT2D eigenvalue weighted by Crippen LogP contribution is 2.10. The fourth-order valence-electron chi connectivity index (χ4n) is 0.496. The molecular weight excluding hydrogens is 94.1 g/mol. The molecule has 1 fully saturated rings. The summed E-state index contributed by atoms with van der Waals surface area (Å²) in [4.78, 5) is 0. The van der Waals surface area contributed by atoms with Crippen LogP contribution in [-0.2, 0) is 0 Å². The molecule has 1 heterocycles. The second-order valence-corrected chi connectivity index (χ2v) is 2.59. The van der Waals surface area contributed by atoms with Gasteiger partial charge in [-0.25, -0.2) is 0 Å². The van der Waals surface area contributed by atoms with Crippen molar-refractivity contribution in [1.29, 1.82) is 0 Å². The van der Waals surface area contributed by atoms with E-state index in [-0.39, 0.29) is 0 Å². The third kappa shape index (κ3) is 0.884. The summed E-state index contributed by atoms with van der Waals surface area (Å²) in [5.74, 6) is 1.29.